The summed E-state index contributed by atoms with van der Waals surface area (Å²) in [7, 11) is 0. The molecule has 128 valence electrons. The second-order valence-electron chi connectivity index (χ2n) is 6.23. The van der Waals surface area contributed by atoms with Gasteiger partial charge in [0.25, 0.3) is 5.91 Å². The van der Waals surface area contributed by atoms with Crippen molar-refractivity contribution in [1.82, 2.24) is 10.2 Å². The van der Waals surface area contributed by atoms with Crippen LogP contribution in [0.1, 0.15) is 26.7 Å². The number of rotatable bonds is 5. The summed E-state index contributed by atoms with van der Waals surface area (Å²) >= 11 is 0. The summed E-state index contributed by atoms with van der Waals surface area (Å²) in [6.45, 7) is 3.69. The number of imide groups is 1. The molecule has 0 atom stereocenters. The number of anilines is 1. The Morgan fingerprint density at radius 1 is 1.29 bits per heavy atom. The first kappa shape index (κ1) is 16.1. The molecule has 0 radical (unpaired) electrons. The molecule has 3 rings (SSSR count). The monoisotopic (exact) mass is 333 g/mol. The van der Waals surface area contributed by atoms with Crippen LogP contribution in [-0.4, -0.2) is 41.6 Å². The van der Waals surface area contributed by atoms with Crippen molar-refractivity contribution in [1.29, 1.82) is 0 Å². The van der Waals surface area contributed by atoms with Gasteiger partial charge in [-0.15, -0.1) is 0 Å². The molecule has 4 amide bonds. The van der Waals surface area contributed by atoms with Crippen molar-refractivity contribution in [2.75, 3.05) is 18.7 Å². The van der Waals surface area contributed by atoms with Gasteiger partial charge in [-0.25, -0.2) is 4.79 Å². The van der Waals surface area contributed by atoms with Crippen molar-refractivity contribution in [3.63, 3.8) is 0 Å². The normalized spacial score (nSPS) is 17.8. The third-order valence-corrected chi connectivity index (χ3v) is 3.89. The summed E-state index contributed by atoms with van der Waals surface area (Å²) in [5.41, 5.74) is -0.272. The topological polar surface area (TPSA) is 97.0 Å². The van der Waals surface area contributed by atoms with E-state index < -0.39 is 11.6 Å². The lowest BCUT2D eigenvalue weighted by molar-refractivity contribution is -0.130. The number of carbonyl (C=O) groups excluding carboxylic acids is 3. The van der Waals surface area contributed by atoms with Crippen LogP contribution in [-0.2, 0) is 9.59 Å². The molecule has 0 aromatic heterocycles. The minimum Gasteiger partial charge on any atom is -0.454 e. The van der Waals surface area contributed by atoms with Crippen LogP contribution >= 0.6 is 0 Å². The van der Waals surface area contributed by atoms with Crippen molar-refractivity contribution >= 4 is 23.5 Å². The molecule has 0 saturated carbocycles. The number of carbonyl (C=O) groups is 3. The van der Waals surface area contributed by atoms with Crippen LogP contribution in [0.25, 0.3) is 0 Å². The quantitative estimate of drug-likeness (QED) is 0.795. The molecule has 0 bridgehead atoms. The number of urea groups is 1. The summed E-state index contributed by atoms with van der Waals surface area (Å²) in [5, 5.41) is 5.36. The summed E-state index contributed by atoms with van der Waals surface area (Å²) in [6.07, 6.45) is 0.595. The van der Waals surface area contributed by atoms with E-state index in [1.165, 1.54) is 0 Å². The van der Waals surface area contributed by atoms with Gasteiger partial charge in [-0.2, -0.15) is 0 Å². The second-order valence-corrected chi connectivity index (χ2v) is 6.23. The highest BCUT2D eigenvalue weighted by atomic mass is 16.7. The predicted octanol–water partition coefficient (Wildman–Crippen LogP) is 1.46. The standard InChI is InChI=1S/C16H19N3O5/c1-16(2)14(21)19(15(22)18-16)7-3-4-13(20)17-10-5-6-11-12(8-10)24-9-23-11/h5-6,8H,3-4,7,9H2,1-2H3,(H,17,20)(H,18,22). The minimum atomic E-state index is -0.883. The Balaban J connectivity index is 1.48. The molecule has 0 unspecified atom stereocenters. The van der Waals surface area contributed by atoms with E-state index in [0.717, 1.165) is 4.90 Å². The van der Waals surface area contributed by atoms with E-state index in [0.29, 0.717) is 23.6 Å². The molecule has 1 fully saturated rings. The zero-order valence-electron chi connectivity index (χ0n) is 13.5. The third-order valence-electron chi connectivity index (χ3n) is 3.89. The Morgan fingerprint density at radius 2 is 2.04 bits per heavy atom. The lowest BCUT2D eigenvalue weighted by Crippen LogP contribution is -2.40. The fourth-order valence-electron chi connectivity index (χ4n) is 2.62. The van der Waals surface area contributed by atoms with Crippen molar-refractivity contribution in [3.8, 4) is 11.5 Å². The first-order chi connectivity index (χ1) is 11.4. The van der Waals surface area contributed by atoms with Crippen LogP contribution in [0.4, 0.5) is 10.5 Å². The fraction of sp³-hybridized carbons (Fsp3) is 0.438. The molecular formula is C16H19N3O5. The lowest BCUT2D eigenvalue weighted by Gasteiger charge is -2.15. The molecule has 2 aliphatic rings. The van der Waals surface area contributed by atoms with E-state index in [-0.39, 0.29) is 31.6 Å². The molecule has 2 N–H and O–H groups in total. The highest BCUT2D eigenvalue weighted by molar-refractivity contribution is 6.06. The van der Waals surface area contributed by atoms with Crippen molar-refractivity contribution in [3.05, 3.63) is 18.2 Å². The van der Waals surface area contributed by atoms with E-state index in [1.807, 2.05) is 0 Å². The molecule has 24 heavy (non-hydrogen) atoms. The average Bonchev–Trinajstić information content (AvgIpc) is 3.04. The maximum absolute atomic E-state index is 12.0. The van der Waals surface area contributed by atoms with Crippen LogP contribution in [0.5, 0.6) is 11.5 Å². The number of amides is 4. The zero-order valence-corrected chi connectivity index (χ0v) is 13.5. The van der Waals surface area contributed by atoms with Crippen molar-refractivity contribution < 1.29 is 23.9 Å². The molecule has 1 aromatic carbocycles. The SMILES string of the molecule is CC1(C)NC(=O)N(CCCC(=O)Nc2ccc3c(c2)OCO3)C1=O. The average molecular weight is 333 g/mol. The molecular weight excluding hydrogens is 314 g/mol. The lowest BCUT2D eigenvalue weighted by atomic mass is 10.1. The minimum absolute atomic E-state index is 0.176. The molecule has 0 spiro atoms. The molecule has 2 heterocycles. The Morgan fingerprint density at radius 3 is 2.75 bits per heavy atom. The molecule has 1 aromatic rings. The van der Waals surface area contributed by atoms with E-state index in [1.54, 1.807) is 32.0 Å². The van der Waals surface area contributed by atoms with Gasteiger partial charge in [0.05, 0.1) is 0 Å². The largest absolute Gasteiger partial charge is 0.454 e. The van der Waals surface area contributed by atoms with Crippen molar-refractivity contribution in [2.24, 2.45) is 0 Å². The van der Waals surface area contributed by atoms with E-state index in [9.17, 15) is 14.4 Å². The smallest absolute Gasteiger partial charge is 0.325 e. The summed E-state index contributed by atoms with van der Waals surface area (Å²) in [5.74, 6) is 0.771. The molecule has 1 saturated heterocycles. The highest BCUT2D eigenvalue weighted by Gasteiger charge is 2.43. The third kappa shape index (κ3) is 3.12. The predicted molar refractivity (Wildman–Crippen MR) is 84.8 cm³/mol. The number of hydrogen-bond donors (Lipinski definition) is 2. The zero-order chi connectivity index (χ0) is 17.3. The van der Waals surface area contributed by atoms with Gasteiger partial charge in [-0.05, 0) is 32.4 Å². The summed E-state index contributed by atoms with van der Waals surface area (Å²) in [4.78, 5) is 36.9. The van der Waals surface area contributed by atoms with E-state index in [4.69, 9.17) is 9.47 Å². The second kappa shape index (κ2) is 6.03. The van der Waals surface area contributed by atoms with Gasteiger partial charge in [-0.3, -0.25) is 14.5 Å². The maximum Gasteiger partial charge on any atom is 0.325 e. The number of nitrogens with zero attached hydrogens (tertiary/aromatic N) is 1. The number of hydrogen-bond acceptors (Lipinski definition) is 5. The Labute approximate surface area is 139 Å². The van der Waals surface area contributed by atoms with Crippen molar-refractivity contribution in [2.45, 2.75) is 32.2 Å². The van der Waals surface area contributed by atoms with Gasteiger partial charge < -0.3 is 20.1 Å². The fourth-order valence-corrected chi connectivity index (χ4v) is 2.62. The number of ether oxygens (including phenoxy) is 2. The highest BCUT2D eigenvalue weighted by Crippen LogP contribution is 2.34. The van der Waals surface area contributed by atoms with Crippen LogP contribution in [0.3, 0.4) is 0 Å². The van der Waals surface area contributed by atoms with Gasteiger partial charge in [0.2, 0.25) is 12.7 Å². The Kier molecular flexibility index (Phi) is 4.04. The molecule has 0 aliphatic carbocycles. The summed E-state index contributed by atoms with van der Waals surface area (Å²) in [6, 6.07) is 4.74. The molecule has 8 heteroatoms. The van der Waals surface area contributed by atoms with Gasteiger partial charge >= 0.3 is 6.03 Å². The summed E-state index contributed by atoms with van der Waals surface area (Å²) < 4.78 is 10.5. The molecule has 2 aliphatic heterocycles. The van der Waals surface area contributed by atoms with E-state index >= 15 is 0 Å². The van der Waals surface area contributed by atoms with Gasteiger partial charge in [0.1, 0.15) is 5.54 Å². The number of fused-ring (bicyclic) bond motifs is 1. The first-order valence-corrected chi connectivity index (χ1v) is 7.70. The number of nitrogens with one attached hydrogen (secondary N) is 2. The van der Waals surface area contributed by atoms with Crippen LogP contribution in [0, 0.1) is 0 Å². The van der Waals surface area contributed by atoms with Crippen LogP contribution in [0.15, 0.2) is 18.2 Å². The van der Waals surface area contributed by atoms with Crippen LogP contribution < -0.4 is 20.1 Å². The van der Waals surface area contributed by atoms with E-state index in [2.05, 4.69) is 10.6 Å². The maximum atomic E-state index is 12.0. The van der Waals surface area contributed by atoms with Gasteiger partial charge in [0.15, 0.2) is 11.5 Å². The van der Waals surface area contributed by atoms with Gasteiger partial charge in [0, 0.05) is 24.7 Å². The molecule has 8 nitrogen and oxygen atoms in total. The Hall–Kier alpha value is -2.77. The van der Waals surface area contributed by atoms with Gasteiger partial charge in [-0.1, -0.05) is 0 Å². The first-order valence-electron chi connectivity index (χ1n) is 7.70. The Bertz CT molecular complexity index is 701. The van der Waals surface area contributed by atoms with Crippen LogP contribution in [0.2, 0.25) is 0 Å². The number of benzene rings is 1.